The van der Waals surface area contributed by atoms with Crippen molar-refractivity contribution in [2.24, 2.45) is 0 Å². The highest BCUT2D eigenvalue weighted by molar-refractivity contribution is 7.19. The van der Waals surface area contributed by atoms with E-state index < -0.39 is 6.10 Å². The summed E-state index contributed by atoms with van der Waals surface area (Å²) < 4.78 is 0. The monoisotopic (exact) mass is 395 g/mol. The molecule has 3 aromatic heterocycles. The van der Waals surface area contributed by atoms with Gasteiger partial charge in [-0.1, -0.05) is 30.7 Å². The van der Waals surface area contributed by atoms with Gasteiger partial charge in [0.25, 0.3) is 0 Å². The number of H-pyrrole nitrogens is 1. The van der Waals surface area contributed by atoms with Crippen molar-refractivity contribution in [2.75, 3.05) is 0 Å². The number of aliphatic hydroxyl groups is 1. The molecule has 3 heterocycles. The summed E-state index contributed by atoms with van der Waals surface area (Å²) in [6.45, 7) is 2.09. The highest BCUT2D eigenvalue weighted by Gasteiger charge is 2.21. The van der Waals surface area contributed by atoms with Crippen LogP contribution in [0.4, 0.5) is 0 Å². The largest absolute Gasteiger partial charge is 0.384 e. The van der Waals surface area contributed by atoms with Crippen LogP contribution in [0.5, 0.6) is 0 Å². The van der Waals surface area contributed by atoms with Gasteiger partial charge in [0.1, 0.15) is 11.9 Å². The first kappa shape index (κ1) is 17.9. The van der Waals surface area contributed by atoms with Gasteiger partial charge in [-0.05, 0) is 47.9 Å². The van der Waals surface area contributed by atoms with Crippen LogP contribution in [0, 0.1) is 0 Å². The van der Waals surface area contributed by atoms with Crippen molar-refractivity contribution in [3.8, 4) is 21.1 Å². The molecule has 4 rings (SSSR count). The zero-order chi connectivity index (χ0) is 18.8. The molecule has 4 aromatic rings. The number of halogens is 1. The van der Waals surface area contributed by atoms with Crippen molar-refractivity contribution in [1.82, 2.24) is 15.0 Å². The Bertz CT molecular complexity index is 1040. The minimum Gasteiger partial charge on any atom is -0.384 e. The van der Waals surface area contributed by atoms with Gasteiger partial charge in [-0.2, -0.15) is 0 Å². The predicted molar refractivity (Wildman–Crippen MR) is 110 cm³/mol. The van der Waals surface area contributed by atoms with Crippen LogP contribution in [-0.2, 0) is 6.42 Å². The minimum atomic E-state index is -0.764. The minimum absolute atomic E-state index is 0.645. The van der Waals surface area contributed by atoms with Crippen LogP contribution in [0.3, 0.4) is 0 Å². The van der Waals surface area contributed by atoms with E-state index in [1.54, 1.807) is 35.9 Å². The molecule has 0 amide bonds. The fourth-order valence-electron chi connectivity index (χ4n) is 2.97. The van der Waals surface area contributed by atoms with E-state index in [0.717, 1.165) is 44.4 Å². The second kappa shape index (κ2) is 7.64. The number of pyridine rings is 1. The van der Waals surface area contributed by atoms with Gasteiger partial charge in [0.05, 0.1) is 4.88 Å². The van der Waals surface area contributed by atoms with E-state index in [2.05, 4.69) is 27.9 Å². The zero-order valence-corrected chi connectivity index (χ0v) is 16.3. The van der Waals surface area contributed by atoms with Gasteiger partial charge in [0.15, 0.2) is 0 Å². The number of aryl methyl sites for hydroxylation is 1. The molecule has 6 heteroatoms. The lowest BCUT2D eigenvalue weighted by Gasteiger charge is -2.11. The summed E-state index contributed by atoms with van der Waals surface area (Å²) in [5.41, 5.74) is 3.75. The number of rotatable bonds is 5. The maximum atomic E-state index is 11.0. The molecule has 2 N–H and O–H groups in total. The third-order valence-electron chi connectivity index (χ3n) is 4.42. The third kappa shape index (κ3) is 3.67. The Hall–Kier alpha value is -2.47. The Morgan fingerprint density at radius 1 is 1.11 bits per heavy atom. The highest BCUT2D eigenvalue weighted by Crippen LogP contribution is 2.41. The van der Waals surface area contributed by atoms with E-state index in [9.17, 15) is 5.11 Å². The van der Waals surface area contributed by atoms with Gasteiger partial charge in [0.2, 0.25) is 0 Å². The smallest absolute Gasteiger partial charge is 0.147 e. The molecule has 1 aromatic carbocycles. The summed E-state index contributed by atoms with van der Waals surface area (Å²) >= 11 is 7.60. The number of thiophene rings is 1. The van der Waals surface area contributed by atoms with Gasteiger partial charge >= 0.3 is 0 Å². The molecule has 0 aliphatic heterocycles. The molecule has 0 radical (unpaired) electrons. The fraction of sp³-hybridized carbons (Fsp3) is 0.143. The molecule has 0 bridgehead atoms. The molecule has 0 aliphatic rings. The van der Waals surface area contributed by atoms with Crippen LogP contribution in [-0.4, -0.2) is 20.1 Å². The Balaban J connectivity index is 1.82. The van der Waals surface area contributed by atoms with Crippen molar-refractivity contribution in [2.45, 2.75) is 19.4 Å². The molecular weight excluding hydrogens is 378 g/mol. The average Bonchev–Trinajstić information content (AvgIpc) is 3.38. The van der Waals surface area contributed by atoms with Gasteiger partial charge in [-0.25, -0.2) is 4.98 Å². The molecule has 136 valence electrons. The number of aliphatic hydroxyl groups excluding tert-OH is 1. The molecule has 0 aliphatic carbocycles. The number of imidazole rings is 1. The molecule has 27 heavy (non-hydrogen) atoms. The predicted octanol–water partition coefficient (Wildman–Crippen LogP) is 5.50. The summed E-state index contributed by atoms with van der Waals surface area (Å²) in [5, 5.41) is 11.7. The summed E-state index contributed by atoms with van der Waals surface area (Å²) in [4.78, 5) is 13.9. The Morgan fingerprint density at radius 2 is 1.93 bits per heavy atom. The van der Waals surface area contributed by atoms with E-state index in [-0.39, 0.29) is 0 Å². The van der Waals surface area contributed by atoms with Crippen molar-refractivity contribution < 1.29 is 5.11 Å². The highest BCUT2D eigenvalue weighted by atomic mass is 35.5. The quantitative estimate of drug-likeness (QED) is 0.469. The Kier molecular flexibility index (Phi) is 5.07. The van der Waals surface area contributed by atoms with Crippen LogP contribution >= 0.6 is 22.9 Å². The van der Waals surface area contributed by atoms with Crippen LogP contribution in [0.2, 0.25) is 5.02 Å². The summed E-state index contributed by atoms with van der Waals surface area (Å²) in [6.07, 6.45) is 5.45. The fourth-order valence-corrected chi connectivity index (χ4v) is 4.25. The first-order valence-corrected chi connectivity index (χ1v) is 9.87. The van der Waals surface area contributed by atoms with Gasteiger partial charge in [-0.15, -0.1) is 11.3 Å². The second-order valence-corrected chi connectivity index (χ2v) is 7.67. The van der Waals surface area contributed by atoms with Crippen LogP contribution in [0.25, 0.3) is 21.1 Å². The van der Waals surface area contributed by atoms with Gasteiger partial charge < -0.3 is 10.1 Å². The normalized spacial score (nSPS) is 12.3. The maximum Gasteiger partial charge on any atom is 0.147 e. The Labute approximate surface area is 166 Å². The molecule has 0 saturated heterocycles. The molecule has 4 nitrogen and oxygen atoms in total. The van der Waals surface area contributed by atoms with E-state index in [1.165, 1.54) is 0 Å². The number of benzene rings is 1. The third-order valence-corrected chi connectivity index (χ3v) is 5.88. The first-order chi connectivity index (χ1) is 13.2. The van der Waals surface area contributed by atoms with Gasteiger partial charge in [-0.3, -0.25) is 4.98 Å². The van der Waals surface area contributed by atoms with Crippen LogP contribution in [0.15, 0.2) is 61.1 Å². The van der Waals surface area contributed by atoms with Gasteiger partial charge in [0, 0.05) is 39.7 Å². The molecular formula is C21H18ClN3OS. The number of aromatic amines is 1. The number of nitrogens with one attached hydrogen (secondary N) is 1. The number of hydrogen-bond acceptors (Lipinski definition) is 4. The number of nitrogens with zero attached hydrogens (tertiary/aromatic N) is 2. The first-order valence-electron chi connectivity index (χ1n) is 8.68. The summed E-state index contributed by atoms with van der Waals surface area (Å²) in [5.74, 6) is 0.749. The van der Waals surface area contributed by atoms with Crippen LogP contribution in [0.1, 0.15) is 29.8 Å². The maximum absolute atomic E-state index is 11.0. The van der Waals surface area contributed by atoms with E-state index >= 15 is 0 Å². The molecule has 0 spiro atoms. The van der Waals surface area contributed by atoms with Crippen molar-refractivity contribution in [1.29, 1.82) is 0 Å². The summed E-state index contributed by atoms with van der Waals surface area (Å²) in [7, 11) is 0. The SMILES string of the molecule is CCc1cc(-c2cc(C(O)c3ccc(Cl)cc3)c(-c3ncc[nH]3)s2)ccn1. The average molecular weight is 396 g/mol. The zero-order valence-electron chi connectivity index (χ0n) is 14.7. The number of hydrogen-bond donors (Lipinski definition) is 2. The van der Waals surface area contributed by atoms with E-state index in [1.807, 2.05) is 30.5 Å². The topological polar surface area (TPSA) is 61.8 Å². The van der Waals surface area contributed by atoms with E-state index in [0.29, 0.717) is 5.02 Å². The second-order valence-electron chi connectivity index (χ2n) is 6.18. The molecule has 0 fully saturated rings. The molecule has 1 unspecified atom stereocenters. The Morgan fingerprint density at radius 3 is 2.63 bits per heavy atom. The van der Waals surface area contributed by atoms with Crippen molar-refractivity contribution in [3.05, 3.63) is 82.9 Å². The lowest BCUT2D eigenvalue weighted by molar-refractivity contribution is 0.221. The summed E-state index contributed by atoms with van der Waals surface area (Å²) in [6, 6.07) is 13.4. The van der Waals surface area contributed by atoms with Crippen molar-refractivity contribution in [3.63, 3.8) is 0 Å². The van der Waals surface area contributed by atoms with E-state index in [4.69, 9.17) is 11.6 Å². The lowest BCUT2D eigenvalue weighted by atomic mass is 10.0. The molecule has 1 atom stereocenters. The van der Waals surface area contributed by atoms with Crippen LogP contribution < -0.4 is 0 Å². The van der Waals surface area contributed by atoms with Crippen molar-refractivity contribution >= 4 is 22.9 Å². The number of aromatic nitrogens is 3. The lowest BCUT2D eigenvalue weighted by Crippen LogP contribution is -1.99. The molecule has 0 saturated carbocycles. The standard InChI is InChI=1S/C21H18ClN3OS/c1-2-16-11-14(7-8-23-16)18-12-17(20(27-18)21-24-9-10-25-21)19(26)13-3-5-15(22)6-4-13/h3-12,19,26H,2H2,1H3,(H,24,25).